The number of hydrogen-bond donors (Lipinski definition) is 1. The van der Waals surface area contributed by atoms with Crippen LogP contribution >= 0.6 is 0 Å². The van der Waals surface area contributed by atoms with E-state index in [1.165, 1.54) is 0 Å². The van der Waals surface area contributed by atoms with Gasteiger partial charge in [-0.2, -0.15) is 8.42 Å². The Morgan fingerprint density at radius 3 is 2.39 bits per heavy atom. The molecule has 0 saturated carbocycles. The highest BCUT2D eigenvalue weighted by Gasteiger charge is 2.22. The monoisotopic (exact) mass is 342 g/mol. The average Bonchev–Trinajstić information content (AvgIpc) is 2.31. The van der Waals surface area contributed by atoms with Gasteiger partial charge in [0.2, 0.25) is 0 Å². The van der Waals surface area contributed by atoms with Crippen LogP contribution in [0.3, 0.4) is 0 Å². The summed E-state index contributed by atoms with van der Waals surface area (Å²) in [6, 6.07) is 6.56. The first kappa shape index (κ1) is 19.3. The lowest BCUT2D eigenvalue weighted by Gasteiger charge is -2.31. The Morgan fingerprint density at radius 1 is 1.30 bits per heavy atom. The van der Waals surface area contributed by atoms with Crippen LogP contribution in [0.5, 0.6) is 5.75 Å². The van der Waals surface area contributed by atoms with E-state index in [-0.39, 0.29) is 23.4 Å². The van der Waals surface area contributed by atoms with Gasteiger partial charge in [-0.1, -0.05) is 12.1 Å². The maximum atomic E-state index is 12.4. The minimum atomic E-state index is -3.57. The van der Waals surface area contributed by atoms with Crippen molar-refractivity contribution < 1.29 is 17.4 Å². The molecule has 0 aromatic heterocycles. The molecule has 0 atom stereocenters. The van der Waals surface area contributed by atoms with E-state index in [9.17, 15) is 13.2 Å². The molecule has 0 unspecified atom stereocenters. The molecule has 6 nitrogen and oxygen atoms in total. The number of carbonyl (C=O) groups is 1. The van der Waals surface area contributed by atoms with Crippen LogP contribution in [0.25, 0.3) is 0 Å². The van der Waals surface area contributed by atoms with Crippen molar-refractivity contribution in [3.8, 4) is 5.75 Å². The second-order valence-electron chi connectivity index (χ2n) is 6.84. The van der Waals surface area contributed by atoms with E-state index in [4.69, 9.17) is 4.18 Å². The van der Waals surface area contributed by atoms with Crippen molar-refractivity contribution in [1.29, 1.82) is 0 Å². The molecule has 1 N–H and O–H groups in total. The molecule has 2 amide bonds. The van der Waals surface area contributed by atoms with Gasteiger partial charge in [-0.25, -0.2) is 4.79 Å². The third-order valence-electron chi connectivity index (χ3n) is 2.87. The fraction of sp³-hybridized carbons (Fsp3) is 0.562. The number of hydrogen-bond acceptors (Lipinski definition) is 4. The molecule has 0 aliphatic heterocycles. The highest BCUT2D eigenvalue weighted by Crippen LogP contribution is 2.18. The largest absolute Gasteiger partial charge is 0.383 e. The van der Waals surface area contributed by atoms with Crippen LogP contribution in [0.1, 0.15) is 40.2 Å². The van der Waals surface area contributed by atoms with Gasteiger partial charge in [0.25, 0.3) is 0 Å². The highest BCUT2D eigenvalue weighted by molar-refractivity contribution is 7.86. The molecule has 0 spiro atoms. The van der Waals surface area contributed by atoms with Crippen molar-refractivity contribution in [1.82, 2.24) is 10.2 Å². The predicted molar refractivity (Wildman–Crippen MR) is 90.9 cm³/mol. The third-order valence-corrected chi connectivity index (χ3v) is 3.36. The Kier molecular flexibility index (Phi) is 6.04. The molecule has 0 heterocycles. The molecule has 0 saturated heterocycles. The molecule has 1 aromatic rings. The summed E-state index contributed by atoms with van der Waals surface area (Å²) in [6.07, 6.45) is 0.997. The number of carbonyl (C=O) groups excluding carboxylic acids is 1. The second-order valence-corrected chi connectivity index (χ2v) is 8.41. The first-order valence-corrected chi connectivity index (χ1v) is 9.26. The van der Waals surface area contributed by atoms with Crippen molar-refractivity contribution >= 4 is 16.1 Å². The molecule has 23 heavy (non-hydrogen) atoms. The van der Waals surface area contributed by atoms with Gasteiger partial charge in [0, 0.05) is 18.1 Å². The van der Waals surface area contributed by atoms with Gasteiger partial charge in [-0.05, 0) is 52.3 Å². The molecule has 0 fully saturated rings. The smallest absolute Gasteiger partial charge is 0.318 e. The van der Waals surface area contributed by atoms with Gasteiger partial charge in [0.1, 0.15) is 5.75 Å². The molecule has 130 valence electrons. The van der Waals surface area contributed by atoms with Gasteiger partial charge in [-0.15, -0.1) is 0 Å². The summed E-state index contributed by atoms with van der Waals surface area (Å²) in [5, 5.41) is 2.93. The van der Waals surface area contributed by atoms with Gasteiger partial charge in [-0.3, -0.25) is 0 Å². The van der Waals surface area contributed by atoms with Crippen molar-refractivity contribution in [3.05, 3.63) is 29.8 Å². The van der Waals surface area contributed by atoms with Crippen LogP contribution in [0, 0.1) is 0 Å². The Labute approximate surface area is 138 Å². The van der Waals surface area contributed by atoms with Crippen molar-refractivity contribution in [2.24, 2.45) is 0 Å². The lowest BCUT2D eigenvalue weighted by atomic mass is 10.1. The van der Waals surface area contributed by atoms with Gasteiger partial charge in [0.15, 0.2) is 0 Å². The van der Waals surface area contributed by atoms with Crippen LogP contribution < -0.4 is 9.50 Å². The summed E-state index contributed by atoms with van der Waals surface area (Å²) >= 11 is 0. The normalized spacial score (nSPS) is 12.1. The third kappa shape index (κ3) is 7.36. The zero-order chi connectivity index (χ0) is 17.8. The Balaban J connectivity index is 2.93. The zero-order valence-electron chi connectivity index (χ0n) is 14.6. The lowest BCUT2D eigenvalue weighted by molar-refractivity contribution is 0.171. The summed E-state index contributed by atoms with van der Waals surface area (Å²) in [7, 11) is -3.57. The maximum absolute atomic E-state index is 12.4. The summed E-state index contributed by atoms with van der Waals surface area (Å²) in [5.74, 6) is 0.241. The summed E-state index contributed by atoms with van der Waals surface area (Å²) in [6.45, 7) is 9.98. The molecule has 7 heteroatoms. The van der Waals surface area contributed by atoms with Crippen molar-refractivity contribution in [2.75, 3.05) is 6.26 Å². The van der Waals surface area contributed by atoms with E-state index in [0.717, 1.165) is 11.8 Å². The molecular formula is C16H26N2O4S. The van der Waals surface area contributed by atoms with E-state index in [2.05, 4.69) is 5.32 Å². The van der Waals surface area contributed by atoms with Gasteiger partial charge < -0.3 is 14.4 Å². The number of amides is 2. The van der Waals surface area contributed by atoms with E-state index < -0.39 is 10.1 Å². The highest BCUT2D eigenvalue weighted by atomic mass is 32.2. The van der Waals surface area contributed by atoms with Gasteiger partial charge in [0.05, 0.1) is 6.26 Å². The topological polar surface area (TPSA) is 75.7 Å². The Bertz CT molecular complexity index is 648. The molecule has 1 rings (SSSR count). The molecule has 0 bridgehead atoms. The Morgan fingerprint density at radius 2 is 1.91 bits per heavy atom. The number of nitrogens with zero attached hydrogens (tertiary/aromatic N) is 1. The van der Waals surface area contributed by atoms with E-state index >= 15 is 0 Å². The minimum Gasteiger partial charge on any atom is -0.383 e. The van der Waals surface area contributed by atoms with E-state index in [1.54, 1.807) is 23.1 Å². The number of urea groups is 1. The molecular weight excluding hydrogens is 316 g/mol. The molecule has 0 aliphatic carbocycles. The van der Waals surface area contributed by atoms with Crippen molar-refractivity contribution in [3.63, 3.8) is 0 Å². The minimum absolute atomic E-state index is 0.00293. The Hall–Kier alpha value is -1.76. The molecule has 1 aromatic carbocycles. The SMILES string of the molecule is CC(C)N(Cc1cccc(OS(C)(=O)=O)c1)C(=O)NC(C)(C)C. The number of rotatable bonds is 5. The number of nitrogens with one attached hydrogen (secondary N) is 1. The van der Waals surface area contributed by atoms with Crippen LogP contribution in [0.15, 0.2) is 24.3 Å². The van der Waals surface area contributed by atoms with E-state index in [0.29, 0.717) is 6.54 Å². The van der Waals surface area contributed by atoms with Crippen LogP contribution in [-0.4, -0.2) is 37.2 Å². The molecule has 0 radical (unpaired) electrons. The summed E-state index contributed by atoms with van der Waals surface area (Å²) < 4.78 is 27.3. The van der Waals surface area contributed by atoms with Crippen LogP contribution in [0.2, 0.25) is 0 Å². The fourth-order valence-corrected chi connectivity index (χ4v) is 2.40. The maximum Gasteiger partial charge on any atom is 0.318 e. The fourth-order valence-electron chi connectivity index (χ4n) is 1.95. The zero-order valence-corrected chi connectivity index (χ0v) is 15.4. The van der Waals surface area contributed by atoms with E-state index in [1.807, 2.05) is 40.7 Å². The second kappa shape index (κ2) is 7.21. The first-order valence-electron chi connectivity index (χ1n) is 7.44. The van der Waals surface area contributed by atoms with Crippen LogP contribution in [-0.2, 0) is 16.7 Å². The van der Waals surface area contributed by atoms with Gasteiger partial charge >= 0.3 is 16.1 Å². The number of benzene rings is 1. The quantitative estimate of drug-likeness (QED) is 0.835. The summed E-state index contributed by atoms with van der Waals surface area (Å²) in [5.41, 5.74) is 0.467. The standard InChI is InChI=1S/C16H26N2O4S/c1-12(2)18(15(19)17-16(3,4)5)11-13-8-7-9-14(10-13)22-23(6,20)21/h7-10,12H,11H2,1-6H3,(H,17,19). The van der Waals surface area contributed by atoms with Crippen LogP contribution in [0.4, 0.5) is 4.79 Å². The average molecular weight is 342 g/mol. The molecule has 0 aliphatic rings. The first-order chi connectivity index (χ1) is 10.4. The lowest BCUT2D eigenvalue weighted by Crippen LogP contribution is -2.50. The summed E-state index contributed by atoms with van der Waals surface area (Å²) in [4.78, 5) is 14.1. The van der Waals surface area contributed by atoms with Crippen molar-refractivity contribution in [2.45, 2.75) is 52.7 Å². The predicted octanol–water partition coefficient (Wildman–Crippen LogP) is 2.74.